The second kappa shape index (κ2) is 9.51. The predicted octanol–water partition coefficient (Wildman–Crippen LogP) is 4.75. The highest BCUT2D eigenvalue weighted by Crippen LogP contribution is 2.20. The summed E-state index contributed by atoms with van der Waals surface area (Å²) in [6.45, 7) is 0.0229. The third-order valence-corrected chi connectivity index (χ3v) is 6.03. The summed E-state index contributed by atoms with van der Waals surface area (Å²) in [7, 11) is -3.80. The van der Waals surface area contributed by atoms with Gasteiger partial charge in [-0.05, 0) is 66.7 Å². The Morgan fingerprint density at radius 3 is 2.22 bits per heavy atom. The number of rotatable bonds is 8. The molecule has 0 unspecified atom stereocenters. The van der Waals surface area contributed by atoms with Gasteiger partial charge in [0.05, 0.1) is 17.7 Å². The van der Waals surface area contributed by atoms with Crippen LogP contribution in [0.3, 0.4) is 0 Å². The van der Waals surface area contributed by atoms with Crippen molar-refractivity contribution in [2.24, 2.45) is 0 Å². The van der Waals surface area contributed by atoms with Crippen molar-refractivity contribution in [2.45, 2.75) is 11.4 Å². The van der Waals surface area contributed by atoms with Gasteiger partial charge in [0, 0.05) is 22.6 Å². The molecule has 0 atom stereocenters. The van der Waals surface area contributed by atoms with E-state index in [-0.39, 0.29) is 17.0 Å². The number of furan rings is 1. The van der Waals surface area contributed by atoms with Crippen LogP contribution in [-0.4, -0.2) is 14.3 Å². The number of carbonyl (C=O) groups excluding carboxylic acids is 1. The van der Waals surface area contributed by atoms with Crippen LogP contribution in [0.2, 0.25) is 0 Å². The number of hydrogen-bond acceptors (Lipinski definition) is 5. The van der Waals surface area contributed by atoms with E-state index >= 15 is 0 Å². The Morgan fingerprint density at radius 2 is 1.50 bits per heavy atom. The maximum atomic E-state index is 12.7. The van der Waals surface area contributed by atoms with Gasteiger partial charge in [-0.2, -0.15) is 0 Å². The average Bonchev–Trinajstić information content (AvgIpc) is 3.34. The number of benzene rings is 3. The van der Waals surface area contributed by atoms with Crippen LogP contribution in [-0.2, 0) is 16.6 Å². The molecule has 0 bridgehead atoms. The van der Waals surface area contributed by atoms with E-state index in [9.17, 15) is 13.2 Å². The molecule has 1 amide bonds. The Labute approximate surface area is 186 Å². The van der Waals surface area contributed by atoms with Gasteiger partial charge in [-0.25, -0.2) is 13.1 Å². The molecule has 0 aliphatic heterocycles. The number of hydrogen-bond donors (Lipinski definition) is 3. The molecule has 4 aromatic rings. The van der Waals surface area contributed by atoms with E-state index in [0.717, 1.165) is 11.4 Å². The van der Waals surface area contributed by atoms with Crippen LogP contribution in [0, 0.1) is 0 Å². The van der Waals surface area contributed by atoms with Crippen LogP contribution < -0.4 is 15.4 Å². The van der Waals surface area contributed by atoms with Crippen molar-refractivity contribution in [3.05, 3.63) is 109 Å². The van der Waals surface area contributed by atoms with Gasteiger partial charge >= 0.3 is 0 Å². The van der Waals surface area contributed by atoms with E-state index in [0.29, 0.717) is 11.4 Å². The number of para-hydroxylation sites is 1. The molecular formula is C24H21N3O4S. The summed E-state index contributed by atoms with van der Waals surface area (Å²) in [5.74, 6) is 0.0875. The average molecular weight is 448 g/mol. The molecule has 0 radical (unpaired) electrons. The van der Waals surface area contributed by atoms with Gasteiger partial charge in [0.1, 0.15) is 5.76 Å². The topological polar surface area (TPSA) is 100 Å². The molecule has 0 fully saturated rings. The molecule has 8 heteroatoms. The lowest BCUT2D eigenvalue weighted by Crippen LogP contribution is -2.23. The summed E-state index contributed by atoms with van der Waals surface area (Å²) in [6, 6.07) is 26.2. The van der Waals surface area contributed by atoms with Gasteiger partial charge in [-0.1, -0.05) is 24.3 Å². The first kappa shape index (κ1) is 21.4. The van der Waals surface area contributed by atoms with Crippen molar-refractivity contribution in [2.75, 3.05) is 10.6 Å². The third kappa shape index (κ3) is 5.42. The molecule has 4 rings (SSSR count). The van der Waals surface area contributed by atoms with E-state index in [2.05, 4.69) is 15.4 Å². The SMILES string of the molecule is O=C(Nc1ccc(Nc2ccccc2)cc1)c1cccc(S(=O)(=O)NCc2ccco2)c1. The van der Waals surface area contributed by atoms with E-state index in [4.69, 9.17) is 4.42 Å². The Hall–Kier alpha value is -3.88. The number of carbonyl (C=O) groups is 1. The fraction of sp³-hybridized carbons (Fsp3) is 0.0417. The van der Waals surface area contributed by atoms with Gasteiger partial charge in [0.25, 0.3) is 5.91 Å². The molecule has 1 aromatic heterocycles. The molecule has 3 N–H and O–H groups in total. The first-order valence-corrected chi connectivity index (χ1v) is 11.3. The molecule has 0 saturated carbocycles. The minimum absolute atomic E-state index is 0.000819. The number of nitrogens with one attached hydrogen (secondary N) is 3. The van der Waals surface area contributed by atoms with E-state index in [1.165, 1.54) is 24.5 Å². The Bertz CT molecular complexity index is 1290. The molecule has 32 heavy (non-hydrogen) atoms. The van der Waals surface area contributed by atoms with Crippen LogP contribution in [0.25, 0.3) is 0 Å². The molecule has 7 nitrogen and oxygen atoms in total. The highest BCUT2D eigenvalue weighted by atomic mass is 32.2. The second-order valence-corrected chi connectivity index (χ2v) is 8.72. The normalized spacial score (nSPS) is 11.1. The third-order valence-electron chi connectivity index (χ3n) is 4.63. The van der Waals surface area contributed by atoms with Gasteiger partial charge in [0.15, 0.2) is 0 Å². The lowest BCUT2D eigenvalue weighted by atomic mass is 10.2. The first-order valence-electron chi connectivity index (χ1n) is 9.85. The van der Waals surface area contributed by atoms with Gasteiger partial charge < -0.3 is 15.1 Å². The number of anilines is 3. The minimum Gasteiger partial charge on any atom is -0.468 e. The standard InChI is InChI=1S/C24H21N3O4S/c28-24(27-21-13-11-20(12-14-21)26-19-7-2-1-3-8-19)18-6-4-10-23(16-18)32(29,30)25-17-22-9-5-15-31-22/h1-16,25-26H,17H2,(H,27,28). The summed E-state index contributed by atoms with van der Waals surface area (Å²) >= 11 is 0. The smallest absolute Gasteiger partial charge is 0.255 e. The quantitative estimate of drug-likeness (QED) is 0.362. The maximum absolute atomic E-state index is 12.7. The largest absolute Gasteiger partial charge is 0.468 e. The van der Waals surface area contributed by atoms with E-state index in [1.54, 1.807) is 30.3 Å². The molecule has 0 saturated heterocycles. The monoisotopic (exact) mass is 447 g/mol. The zero-order valence-electron chi connectivity index (χ0n) is 17.0. The maximum Gasteiger partial charge on any atom is 0.255 e. The molecule has 3 aromatic carbocycles. The molecule has 0 aliphatic carbocycles. The van der Waals surface area contributed by atoms with Gasteiger partial charge in [0.2, 0.25) is 10.0 Å². The Kier molecular flexibility index (Phi) is 6.34. The summed E-state index contributed by atoms with van der Waals surface area (Å²) in [6.07, 6.45) is 1.47. The predicted molar refractivity (Wildman–Crippen MR) is 123 cm³/mol. The minimum atomic E-state index is -3.80. The van der Waals surface area contributed by atoms with Crippen LogP contribution in [0.1, 0.15) is 16.1 Å². The Morgan fingerprint density at radius 1 is 0.781 bits per heavy atom. The number of sulfonamides is 1. The fourth-order valence-corrected chi connectivity index (χ4v) is 4.03. The Balaban J connectivity index is 1.41. The molecule has 0 aliphatic rings. The molecule has 1 heterocycles. The van der Waals surface area contributed by atoms with Crippen molar-refractivity contribution < 1.29 is 17.6 Å². The van der Waals surface area contributed by atoms with Gasteiger partial charge in [-0.3, -0.25) is 4.79 Å². The van der Waals surface area contributed by atoms with Crippen molar-refractivity contribution in [1.82, 2.24) is 4.72 Å². The summed E-state index contributed by atoms with van der Waals surface area (Å²) in [5.41, 5.74) is 2.67. The summed E-state index contributed by atoms with van der Waals surface area (Å²) < 4.78 is 32.7. The van der Waals surface area contributed by atoms with Crippen LogP contribution >= 0.6 is 0 Å². The van der Waals surface area contributed by atoms with Crippen molar-refractivity contribution in [1.29, 1.82) is 0 Å². The van der Waals surface area contributed by atoms with Crippen LogP contribution in [0.15, 0.2) is 107 Å². The van der Waals surface area contributed by atoms with Crippen LogP contribution in [0.5, 0.6) is 0 Å². The highest BCUT2D eigenvalue weighted by molar-refractivity contribution is 7.89. The second-order valence-electron chi connectivity index (χ2n) is 6.95. The highest BCUT2D eigenvalue weighted by Gasteiger charge is 2.17. The molecule has 162 valence electrons. The molecule has 0 spiro atoms. The van der Waals surface area contributed by atoms with Crippen LogP contribution in [0.4, 0.5) is 17.1 Å². The fourth-order valence-electron chi connectivity index (χ4n) is 3.00. The van der Waals surface area contributed by atoms with Crippen molar-refractivity contribution in [3.63, 3.8) is 0 Å². The zero-order valence-corrected chi connectivity index (χ0v) is 17.8. The molecular weight excluding hydrogens is 426 g/mol. The summed E-state index contributed by atoms with van der Waals surface area (Å²) in [5, 5.41) is 6.05. The first-order chi connectivity index (χ1) is 15.5. The van der Waals surface area contributed by atoms with E-state index < -0.39 is 15.9 Å². The lowest BCUT2D eigenvalue weighted by Gasteiger charge is -2.10. The van der Waals surface area contributed by atoms with E-state index in [1.807, 2.05) is 42.5 Å². The van der Waals surface area contributed by atoms with Gasteiger partial charge in [-0.15, -0.1) is 0 Å². The van der Waals surface area contributed by atoms with Crippen molar-refractivity contribution in [3.8, 4) is 0 Å². The lowest BCUT2D eigenvalue weighted by molar-refractivity contribution is 0.102. The summed E-state index contributed by atoms with van der Waals surface area (Å²) in [4.78, 5) is 12.7. The number of amides is 1. The van der Waals surface area contributed by atoms with Crippen molar-refractivity contribution >= 4 is 33.0 Å². The zero-order chi connectivity index (χ0) is 22.4.